The fraction of sp³-hybridized carbons (Fsp3) is 1.00. The molecule has 1 fully saturated rings. The van der Waals surface area contributed by atoms with E-state index in [2.05, 4.69) is 21.9 Å². The molecule has 108 valence electrons. The highest BCUT2D eigenvalue weighted by atomic mass is 19.4. The molecule has 1 saturated heterocycles. The molecule has 0 aliphatic carbocycles. The Labute approximate surface area is 107 Å². The zero-order valence-corrected chi connectivity index (χ0v) is 11.1. The van der Waals surface area contributed by atoms with Gasteiger partial charge < -0.3 is 10.2 Å². The summed E-state index contributed by atoms with van der Waals surface area (Å²) in [5.74, 6) is 0.737. The van der Waals surface area contributed by atoms with Crippen molar-refractivity contribution in [3.05, 3.63) is 0 Å². The fourth-order valence-electron chi connectivity index (χ4n) is 2.25. The molecule has 0 bridgehead atoms. The maximum atomic E-state index is 11.7. The molecular formula is C12H23F3N2O. The van der Waals surface area contributed by atoms with E-state index < -0.39 is 6.36 Å². The second-order valence-electron chi connectivity index (χ2n) is 5.19. The van der Waals surface area contributed by atoms with Crippen molar-refractivity contribution in [2.75, 3.05) is 33.3 Å². The monoisotopic (exact) mass is 268 g/mol. The molecule has 18 heavy (non-hydrogen) atoms. The minimum Gasteiger partial charge on any atom is -0.314 e. The predicted molar refractivity (Wildman–Crippen MR) is 64.3 cm³/mol. The lowest BCUT2D eigenvalue weighted by atomic mass is 10.1. The van der Waals surface area contributed by atoms with Crippen LogP contribution >= 0.6 is 0 Å². The molecule has 0 saturated carbocycles. The van der Waals surface area contributed by atoms with Gasteiger partial charge in [-0.15, -0.1) is 13.2 Å². The van der Waals surface area contributed by atoms with Crippen molar-refractivity contribution in [2.24, 2.45) is 5.92 Å². The van der Waals surface area contributed by atoms with Crippen molar-refractivity contribution in [1.29, 1.82) is 0 Å². The molecule has 0 radical (unpaired) electrons. The number of rotatable bonds is 7. The smallest absolute Gasteiger partial charge is 0.314 e. The third-order valence-corrected chi connectivity index (χ3v) is 3.25. The average molecular weight is 268 g/mol. The van der Waals surface area contributed by atoms with Gasteiger partial charge >= 0.3 is 6.36 Å². The highest BCUT2D eigenvalue weighted by Crippen LogP contribution is 2.17. The molecule has 2 atom stereocenters. The summed E-state index contributed by atoms with van der Waals surface area (Å²) < 4.78 is 38.9. The van der Waals surface area contributed by atoms with Crippen molar-refractivity contribution in [2.45, 2.75) is 38.6 Å². The Morgan fingerprint density at radius 2 is 2.06 bits per heavy atom. The zero-order valence-electron chi connectivity index (χ0n) is 11.1. The van der Waals surface area contributed by atoms with Gasteiger partial charge in [0.1, 0.15) is 0 Å². The van der Waals surface area contributed by atoms with E-state index in [1.807, 2.05) is 7.05 Å². The van der Waals surface area contributed by atoms with E-state index in [0.29, 0.717) is 19.0 Å². The Hall–Kier alpha value is -0.330. The SMILES string of the molecule is CC1CNC(CCN(C)CCCOC(F)(F)F)C1. The molecule has 6 heteroatoms. The van der Waals surface area contributed by atoms with Gasteiger partial charge in [-0.3, -0.25) is 4.74 Å². The molecular weight excluding hydrogens is 245 g/mol. The summed E-state index contributed by atoms with van der Waals surface area (Å²) in [6.07, 6.45) is -1.83. The first-order chi connectivity index (χ1) is 8.37. The molecule has 0 amide bonds. The van der Waals surface area contributed by atoms with E-state index in [0.717, 1.165) is 25.4 Å². The van der Waals surface area contributed by atoms with Gasteiger partial charge in [-0.25, -0.2) is 0 Å². The maximum Gasteiger partial charge on any atom is 0.522 e. The normalized spacial score (nSPS) is 25.0. The number of ether oxygens (including phenoxy) is 1. The molecule has 2 unspecified atom stereocenters. The number of hydrogen-bond acceptors (Lipinski definition) is 3. The molecule has 1 heterocycles. The summed E-state index contributed by atoms with van der Waals surface area (Å²) in [5, 5.41) is 3.45. The maximum absolute atomic E-state index is 11.7. The van der Waals surface area contributed by atoms with Crippen LogP contribution in [-0.4, -0.2) is 50.6 Å². The lowest BCUT2D eigenvalue weighted by Gasteiger charge is -2.19. The van der Waals surface area contributed by atoms with Gasteiger partial charge in [-0.1, -0.05) is 6.92 Å². The van der Waals surface area contributed by atoms with Gasteiger partial charge in [-0.05, 0) is 45.3 Å². The third kappa shape index (κ3) is 7.18. The van der Waals surface area contributed by atoms with E-state index in [1.54, 1.807) is 0 Å². The Balaban J connectivity index is 1.98. The molecule has 0 spiro atoms. The first-order valence-electron chi connectivity index (χ1n) is 6.49. The van der Waals surface area contributed by atoms with Crippen molar-refractivity contribution >= 4 is 0 Å². The zero-order chi connectivity index (χ0) is 13.6. The van der Waals surface area contributed by atoms with Crippen molar-refractivity contribution in [3.63, 3.8) is 0 Å². The number of hydrogen-bond donors (Lipinski definition) is 1. The number of nitrogens with zero attached hydrogens (tertiary/aromatic N) is 1. The highest BCUT2D eigenvalue weighted by molar-refractivity contribution is 4.79. The van der Waals surface area contributed by atoms with Gasteiger partial charge in [0.25, 0.3) is 0 Å². The molecule has 0 aromatic heterocycles. The van der Waals surface area contributed by atoms with E-state index in [9.17, 15) is 13.2 Å². The van der Waals surface area contributed by atoms with Crippen molar-refractivity contribution in [1.82, 2.24) is 10.2 Å². The minimum atomic E-state index is -4.50. The van der Waals surface area contributed by atoms with E-state index in [4.69, 9.17) is 0 Å². The second kappa shape index (κ2) is 7.31. The largest absolute Gasteiger partial charge is 0.522 e. The summed E-state index contributed by atoms with van der Waals surface area (Å²) in [6.45, 7) is 4.60. The summed E-state index contributed by atoms with van der Waals surface area (Å²) in [6, 6.07) is 0.564. The molecule has 1 N–H and O–H groups in total. The van der Waals surface area contributed by atoms with Gasteiger partial charge in [-0.2, -0.15) is 0 Å². The second-order valence-corrected chi connectivity index (χ2v) is 5.19. The number of alkyl halides is 3. The highest BCUT2D eigenvalue weighted by Gasteiger charge is 2.28. The summed E-state index contributed by atoms with van der Waals surface area (Å²) >= 11 is 0. The van der Waals surface area contributed by atoms with Crippen molar-refractivity contribution < 1.29 is 17.9 Å². The van der Waals surface area contributed by atoms with Crippen LogP contribution in [-0.2, 0) is 4.74 Å². The number of nitrogens with one attached hydrogen (secondary N) is 1. The van der Waals surface area contributed by atoms with Crippen LogP contribution in [0.2, 0.25) is 0 Å². The Kier molecular flexibility index (Phi) is 6.38. The van der Waals surface area contributed by atoms with Crippen LogP contribution in [0.4, 0.5) is 13.2 Å². The number of halogens is 3. The lowest BCUT2D eigenvalue weighted by molar-refractivity contribution is -0.324. The van der Waals surface area contributed by atoms with Gasteiger partial charge in [0.05, 0.1) is 6.61 Å². The topological polar surface area (TPSA) is 24.5 Å². The summed E-state index contributed by atoms with van der Waals surface area (Å²) in [5.41, 5.74) is 0. The Morgan fingerprint density at radius 1 is 1.33 bits per heavy atom. The van der Waals surface area contributed by atoms with Crippen molar-refractivity contribution in [3.8, 4) is 0 Å². The molecule has 1 rings (SSSR count). The van der Waals surface area contributed by atoms with Crippen LogP contribution in [0.25, 0.3) is 0 Å². The third-order valence-electron chi connectivity index (χ3n) is 3.25. The van der Waals surface area contributed by atoms with Crippen LogP contribution in [0.1, 0.15) is 26.2 Å². The Morgan fingerprint density at radius 3 is 2.61 bits per heavy atom. The first-order valence-corrected chi connectivity index (χ1v) is 6.49. The summed E-state index contributed by atoms with van der Waals surface area (Å²) in [7, 11) is 1.94. The van der Waals surface area contributed by atoms with Crippen LogP contribution in [0.3, 0.4) is 0 Å². The Bertz CT molecular complexity index is 236. The van der Waals surface area contributed by atoms with Gasteiger partial charge in [0, 0.05) is 12.6 Å². The van der Waals surface area contributed by atoms with Crippen LogP contribution in [0.15, 0.2) is 0 Å². The van der Waals surface area contributed by atoms with Gasteiger partial charge in [0.15, 0.2) is 0 Å². The molecule has 3 nitrogen and oxygen atoms in total. The van der Waals surface area contributed by atoms with Gasteiger partial charge in [0.2, 0.25) is 0 Å². The molecule has 1 aliphatic rings. The first kappa shape index (κ1) is 15.7. The molecule has 0 aromatic rings. The average Bonchev–Trinajstić information content (AvgIpc) is 2.66. The van der Waals surface area contributed by atoms with E-state index >= 15 is 0 Å². The minimum absolute atomic E-state index is 0.257. The van der Waals surface area contributed by atoms with Crippen LogP contribution < -0.4 is 5.32 Å². The quantitative estimate of drug-likeness (QED) is 0.717. The van der Waals surface area contributed by atoms with Crippen LogP contribution in [0, 0.1) is 5.92 Å². The fourth-order valence-corrected chi connectivity index (χ4v) is 2.25. The lowest BCUT2D eigenvalue weighted by Crippen LogP contribution is -2.29. The van der Waals surface area contributed by atoms with E-state index in [1.165, 1.54) is 6.42 Å². The standard InChI is InChI=1S/C12H23F3N2O/c1-10-8-11(16-9-10)4-6-17(2)5-3-7-18-12(13,14)15/h10-11,16H,3-9H2,1-2H3. The molecule has 0 aromatic carbocycles. The van der Waals surface area contributed by atoms with E-state index in [-0.39, 0.29) is 6.61 Å². The summed E-state index contributed by atoms with van der Waals surface area (Å²) in [4.78, 5) is 2.06. The predicted octanol–water partition coefficient (Wildman–Crippen LogP) is 2.23. The molecule has 1 aliphatic heterocycles. The van der Waals surface area contributed by atoms with Crippen LogP contribution in [0.5, 0.6) is 0 Å².